The number of carbonyl (C=O) groups is 1. The van der Waals surface area contributed by atoms with Gasteiger partial charge in [-0.2, -0.15) is 0 Å². The number of sulfonamides is 1. The minimum atomic E-state index is -3.67. The fourth-order valence-electron chi connectivity index (χ4n) is 2.71. The van der Waals surface area contributed by atoms with Gasteiger partial charge in [-0.3, -0.25) is 9.10 Å². The monoisotopic (exact) mass is 433 g/mol. The Balaban J connectivity index is 1.94. The van der Waals surface area contributed by atoms with Crippen LogP contribution in [0.2, 0.25) is 0 Å². The number of carbonyl (C=O) groups excluding carboxylic acids is 1. The number of nitrogens with zero attached hydrogens (tertiary/aromatic N) is 1. The maximum atomic E-state index is 12.8. The van der Waals surface area contributed by atoms with Crippen molar-refractivity contribution in [3.05, 3.63) is 54.6 Å². The Labute approximate surface area is 178 Å². The van der Waals surface area contributed by atoms with Gasteiger partial charge >= 0.3 is 0 Å². The summed E-state index contributed by atoms with van der Waals surface area (Å²) in [7, 11) is -2.15. The normalized spacial score (nSPS) is 11.0. The fourth-order valence-corrected chi connectivity index (χ4v) is 4.14. The molecule has 6 nitrogen and oxygen atoms in total. The molecule has 0 aliphatic carbocycles. The van der Waals surface area contributed by atoms with Gasteiger partial charge in [0.2, 0.25) is 5.91 Å². The second-order valence-electron chi connectivity index (χ2n) is 6.65. The van der Waals surface area contributed by atoms with Crippen molar-refractivity contribution in [2.24, 2.45) is 0 Å². The Kier molecular flexibility index (Phi) is 8.60. The zero-order valence-electron chi connectivity index (χ0n) is 16.7. The Hall–Kier alpha value is -2.45. The van der Waals surface area contributed by atoms with Crippen molar-refractivity contribution in [3.63, 3.8) is 0 Å². The third kappa shape index (κ3) is 6.83. The lowest BCUT2D eigenvalue weighted by molar-refractivity contribution is -0.119. The van der Waals surface area contributed by atoms with E-state index in [-0.39, 0.29) is 15.9 Å². The third-order valence-corrected chi connectivity index (χ3v) is 6.40. The first kappa shape index (κ1) is 22.8. The highest BCUT2D eigenvalue weighted by Gasteiger charge is 2.21. The van der Waals surface area contributed by atoms with Crippen LogP contribution >= 0.6 is 12.2 Å². The molecule has 0 saturated carbocycles. The molecule has 0 aliphatic rings. The van der Waals surface area contributed by atoms with Gasteiger partial charge in [0.1, 0.15) is 0 Å². The van der Waals surface area contributed by atoms with E-state index >= 15 is 0 Å². The SMILES string of the molecule is CCCCCCC(=O)NC(=S)Nc1ccc(S(=O)(=O)N(C)c2ccccc2)cc1. The van der Waals surface area contributed by atoms with E-state index in [1.165, 1.54) is 23.5 Å². The molecule has 0 atom stereocenters. The molecule has 0 unspecified atom stereocenters. The van der Waals surface area contributed by atoms with Crippen LogP contribution < -0.4 is 14.9 Å². The largest absolute Gasteiger partial charge is 0.332 e. The van der Waals surface area contributed by atoms with Crippen LogP contribution in [-0.4, -0.2) is 26.5 Å². The molecule has 0 aliphatic heterocycles. The summed E-state index contributed by atoms with van der Waals surface area (Å²) in [5.74, 6) is -0.123. The van der Waals surface area contributed by atoms with Gasteiger partial charge in [-0.15, -0.1) is 0 Å². The van der Waals surface area contributed by atoms with E-state index in [1.54, 1.807) is 36.4 Å². The number of unbranched alkanes of at least 4 members (excludes halogenated alkanes) is 3. The van der Waals surface area contributed by atoms with E-state index in [4.69, 9.17) is 12.2 Å². The molecule has 29 heavy (non-hydrogen) atoms. The summed E-state index contributed by atoms with van der Waals surface area (Å²) >= 11 is 5.16. The number of para-hydroxylation sites is 1. The average Bonchev–Trinajstić information content (AvgIpc) is 2.71. The summed E-state index contributed by atoms with van der Waals surface area (Å²) in [5, 5.41) is 5.75. The molecule has 0 bridgehead atoms. The van der Waals surface area contributed by atoms with Gasteiger partial charge in [0.05, 0.1) is 10.6 Å². The molecule has 2 N–H and O–H groups in total. The minimum Gasteiger partial charge on any atom is -0.332 e. The van der Waals surface area contributed by atoms with E-state index in [0.29, 0.717) is 17.8 Å². The number of amides is 1. The quantitative estimate of drug-likeness (QED) is 0.455. The maximum absolute atomic E-state index is 12.8. The number of thiocarbonyl (C=S) groups is 1. The van der Waals surface area contributed by atoms with Crippen molar-refractivity contribution in [3.8, 4) is 0 Å². The lowest BCUT2D eigenvalue weighted by Gasteiger charge is -2.19. The molecule has 0 saturated heterocycles. The fraction of sp³-hybridized carbons (Fsp3) is 0.333. The summed E-state index contributed by atoms with van der Waals surface area (Å²) in [6.45, 7) is 2.12. The number of nitrogens with one attached hydrogen (secondary N) is 2. The van der Waals surface area contributed by atoms with E-state index in [1.807, 2.05) is 6.07 Å². The number of benzene rings is 2. The number of rotatable bonds is 9. The lowest BCUT2D eigenvalue weighted by Crippen LogP contribution is -2.33. The van der Waals surface area contributed by atoms with Crippen LogP contribution in [0.3, 0.4) is 0 Å². The Morgan fingerprint density at radius 3 is 2.28 bits per heavy atom. The zero-order valence-corrected chi connectivity index (χ0v) is 18.4. The molecular formula is C21H27N3O3S2. The first-order chi connectivity index (χ1) is 13.8. The van der Waals surface area contributed by atoms with Gasteiger partial charge in [0.15, 0.2) is 5.11 Å². The minimum absolute atomic E-state index is 0.123. The van der Waals surface area contributed by atoms with Gasteiger partial charge < -0.3 is 10.6 Å². The molecule has 8 heteroatoms. The van der Waals surface area contributed by atoms with Crippen molar-refractivity contribution in [2.75, 3.05) is 16.7 Å². The highest BCUT2D eigenvalue weighted by atomic mass is 32.2. The van der Waals surface area contributed by atoms with Crippen LogP contribution in [0.15, 0.2) is 59.5 Å². The Bertz CT molecular complexity index is 914. The number of hydrogen-bond donors (Lipinski definition) is 2. The molecule has 2 aromatic rings. The van der Waals surface area contributed by atoms with Gasteiger partial charge in [-0.25, -0.2) is 8.42 Å². The number of hydrogen-bond acceptors (Lipinski definition) is 4. The van der Waals surface area contributed by atoms with Crippen LogP contribution in [0, 0.1) is 0 Å². The summed E-state index contributed by atoms with van der Waals surface area (Å²) in [5.41, 5.74) is 1.18. The van der Waals surface area contributed by atoms with Crippen molar-refractivity contribution in [1.29, 1.82) is 0 Å². The smallest absolute Gasteiger partial charge is 0.264 e. The molecular weight excluding hydrogens is 406 g/mol. The predicted molar refractivity (Wildman–Crippen MR) is 122 cm³/mol. The highest BCUT2D eigenvalue weighted by molar-refractivity contribution is 7.92. The molecule has 156 valence electrons. The molecule has 0 spiro atoms. The van der Waals surface area contributed by atoms with Crippen molar-refractivity contribution >= 4 is 44.6 Å². The first-order valence-electron chi connectivity index (χ1n) is 9.59. The van der Waals surface area contributed by atoms with Crippen LogP contribution in [0.4, 0.5) is 11.4 Å². The second kappa shape index (κ2) is 10.9. The van der Waals surface area contributed by atoms with Gasteiger partial charge in [-0.1, -0.05) is 44.4 Å². The van der Waals surface area contributed by atoms with Crippen LogP contribution in [0.5, 0.6) is 0 Å². The van der Waals surface area contributed by atoms with E-state index in [2.05, 4.69) is 17.6 Å². The maximum Gasteiger partial charge on any atom is 0.264 e. The second-order valence-corrected chi connectivity index (χ2v) is 9.02. The molecule has 1 amide bonds. The van der Waals surface area contributed by atoms with E-state index in [9.17, 15) is 13.2 Å². The molecule has 2 rings (SSSR count). The topological polar surface area (TPSA) is 78.5 Å². The highest BCUT2D eigenvalue weighted by Crippen LogP contribution is 2.22. The van der Waals surface area contributed by atoms with Crippen LogP contribution in [-0.2, 0) is 14.8 Å². The lowest BCUT2D eigenvalue weighted by atomic mass is 10.1. The van der Waals surface area contributed by atoms with Crippen molar-refractivity contribution < 1.29 is 13.2 Å². The third-order valence-electron chi connectivity index (χ3n) is 4.40. The van der Waals surface area contributed by atoms with Crippen molar-refractivity contribution in [2.45, 2.75) is 43.9 Å². The summed E-state index contributed by atoms with van der Waals surface area (Å²) in [6, 6.07) is 15.1. The standard InChI is InChI=1S/C21H27N3O3S2/c1-3-4-5-9-12-20(25)23-21(28)22-17-13-15-19(16-14-17)29(26,27)24(2)18-10-7-6-8-11-18/h6-8,10-11,13-16H,3-5,9,12H2,1-2H3,(H2,22,23,25,28). The Morgan fingerprint density at radius 2 is 1.66 bits per heavy atom. The summed E-state index contributed by atoms with van der Waals surface area (Å²) in [6.07, 6.45) is 4.53. The van der Waals surface area contributed by atoms with Gasteiger partial charge in [0, 0.05) is 19.2 Å². The predicted octanol–water partition coefficient (Wildman–Crippen LogP) is 4.30. The summed E-state index contributed by atoms with van der Waals surface area (Å²) in [4.78, 5) is 12.0. The van der Waals surface area contributed by atoms with Crippen molar-refractivity contribution in [1.82, 2.24) is 5.32 Å². The Morgan fingerprint density at radius 1 is 1.00 bits per heavy atom. The average molecular weight is 434 g/mol. The molecule has 0 fully saturated rings. The van der Waals surface area contributed by atoms with E-state index < -0.39 is 10.0 Å². The van der Waals surface area contributed by atoms with E-state index in [0.717, 1.165) is 25.7 Å². The van der Waals surface area contributed by atoms with Gasteiger partial charge in [-0.05, 0) is 55.0 Å². The van der Waals surface area contributed by atoms with Crippen LogP contribution in [0.25, 0.3) is 0 Å². The summed E-state index contributed by atoms with van der Waals surface area (Å²) < 4.78 is 26.8. The first-order valence-corrected chi connectivity index (χ1v) is 11.4. The molecule has 0 heterocycles. The zero-order chi connectivity index (χ0) is 21.3. The number of anilines is 2. The molecule has 0 aromatic heterocycles. The molecule has 0 radical (unpaired) electrons. The van der Waals surface area contributed by atoms with Gasteiger partial charge in [0.25, 0.3) is 10.0 Å². The van der Waals surface area contributed by atoms with Crippen LogP contribution in [0.1, 0.15) is 39.0 Å². The molecule has 2 aromatic carbocycles.